The summed E-state index contributed by atoms with van der Waals surface area (Å²) in [6.45, 7) is 7.47. The van der Waals surface area contributed by atoms with Crippen molar-refractivity contribution >= 4 is 0 Å². The number of rotatable bonds is 5. The van der Waals surface area contributed by atoms with E-state index in [9.17, 15) is 10.2 Å². The van der Waals surface area contributed by atoms with Gasteiger partial charge in [0.1, 0.15) is 11.5 Å². The smallest absolute Gasteiger partial charge is 0.119 e. The molecule has 1 atom stereocenters. The molecule has 0 aliphatic heterocycles. The van der Waals surface area contributed by atoms with Gasteiger partial charge in [0.15, 0.2) is 0 Å². The monoisotopic (exact) mass is 313 g/mol. The average molecular weight is 313 g/mol. The highest BCUT2D eigenvalue weighted by molar-refractivity contribution is 5.45. The van der Waals surface area contributed by atoms with Gasteiger partial charge in [-0.2, -0.15) is 0 Å². The standard InChI is InChI=1S/C20H27NO2/c1-20(2,3)21(4)13-12-17(15-8-6-5-7-9-15)18-14-16(22)10-11-19(18)23/h5-11,14,17,22-23H,12-13H2,1-4H3. The van der Waals surface area contributed by atoms with Gasteiger partial charge < -0.3 is 15.1 Å². The molecule has 3 nitrogen and oxygen atoms in total. The van der Waals surface area contributed by atoms with Crippen LogP contribution in [0.3, 0.4) is 0 Å². The molecule has 0 aromatic heterocycles. The predicted octanol–water partition coefficient (Wildman–Crippen LogP) is 4.35. The summed E-state index contributed by atoms with van der Waals surface area (Å²) in [7, 11) is 2.12. The molecule has 2 rings (SSSR count). The van der Waals surface area contributed by atoms with Gasteiger partial charge in [-0.05, 0) is 64.5 Å². The third-order valence-corrected chi connectivity index (χ3v) is 4.49. The van der Waals surface area contributed by atoms with Gasteiger partial charge >= 0.3 is 0 Å². The highest BCUT2D eigenvalue weighted by Crippen LogP contribution is 2.36. The van der Waals surface area contributed by atoms with Crippen molar-refractivity contribution in [1.82, 2.24) is 4.90 Å². The van der Waals surface area contributed by atoms with E-state index in [4.69, 9.17) is 0 Å². The Kier molecular flexibility index (Phi) is 5.32. The zero-order valence-corrected chi connectivity index (χ0v) is 14.5. The molecule has 0 radical (unpaired) electrons. The van der Waals surface area contributed by atoms with Gasteiger partial charge in [0.2, 0.25) is 0 Å². The molecule has 0 heterocycles. The van der Waals surface area contributed by atoms with Crippen LogP contribution in [-0.4, -0.2) is 34.2 Å². The summed E-state index contributed by atoms with van der Waals surface area (Å²) in [5.74, 6) is 0.464. The third kappa shape index (κ3) is 4.49. The van der Waals surface area contributed by atoms with Crippen molar-refractivity contribution < 1.29 is 10.2 Å². The lowest BCUT2D eigenvalue weighted by Gasteiger charge is -2.33. The fourth-order valence-electron chi connectivity index (χ4n) is 2.67. The average Bonchev–Trinajstić information content (AvgIpc) is 2.50. The Morgan fingerprint density at radius 3 is 2.26 bits per heavy atom. The number of phenolic OH excluding ortho intramolecular Hbond substituents is 2. The Hall–Kier alpha value is -2.00. The summed E-state index contributed by atoms with van der Waals surface area (Å²) in [4.78, 5) is 2.31. The highest BCUT2D eigenvalue weighted by atomic mass is 16.3. The van der Waals surface area contributed by atoms with E-state index < -0.39 is 0 Å². The molecular weight excluding hydrogens is 286 g/mol. The first-order chi connectivity index (χ1) is 10.8. The van der Waals surface area contributed by atoms with Gasteiger partial charge in [-0.1, -0.05) is 30.3 Å². The minimum Gasteiger partial charge on any atom is -0.508 e. The number of hydrogen-bond acceptors (Lipinski definition) is 3. The molecule has 23 heavy (non-hydrogen) atoms. The second kappa shape index (κ2) is 7.05. The summed E-state index contributed by atoms with van der Waals surface area (Å²) < 4.78 is 0. The van der Waals surface area contributed by atoms with Crippen molar-refractivity contribution in [1.29, 1.82) is 0 Å². The summed E-state index contributed by atoms with van der Waals surface area (Å²) in [5.41, 5.74) is 2.02. The lowest BCUT2D eigenvalue weighted by atomic mass is 9.87. The maximum atomic E-state index is 10.3. The quantitative estimate of drug-likeness (QED) is 0.807. The zero-order valence-electron chi connectivity index (χ0n) is 14.5. The largest absolute Gasteiger partial charge is 0.508 e. The van der Waals surface area contributed by atoms with Crippen LogP contribution < -0.4 is 0 Å². The number of nitrogens with zero attached hydrogens (tertiary/aromatic N) is 1. The van der Waals surface area contributed by atoms with Crippen molar-refractivity contribution in [2.75, 3.05) is 13.6 Å². The summed E-state index contributed by atoms with van der Waals surface area (Å²) in [6, 6.07) is 14.9. The maximum Gasteiger partial charge on any atom is 0.119 e. The Labute approximate surface area is 139 Å². The van der Waals surface area contributed by atoms with Crippen molar-refractivity contribution in [2.45, 2.75) is 38.6 Å². The van der Waals surface area contributed by atoms with E-state index in [1.54, 1.807) is 12.1 Å². The Bertz CT molecular complexity index is 632. The van der Waals surface area contributed by atoms with Gasteiger partial charge in [0, 0.05) is 17.0 Å². The fourth-order valence-corrected chi connectivity index (χ4v) is 2.67. The van der Waals surface area contributed by atoms with Gasteiger partial charge in [0.25, 0.3) is 0 Å². The number of benzene rings is 2. The minimum atomic E-state index is 0.0492. The molecule has 2 aromatic rings. The number of aromatic hydroxyl groups is 2. The van der Waals surface area contributed by atoms with Crippen LogP contribution in [0, 0.1) is 0 Å². The summed E-state index contributed by atoms with van der Waals surface area (Å²) >= 11 is 0. The molecule has 1 unspecified atom stereocenters. The topological polar surface area (TPSA) is 43.7 Å². The van der Waals surface area contributed by atoms with E-state index in [-0.39, 0.29) is 23.0 Å². The third-order valence-electron chi connectivity index (χ3n) is 4.49. The number of phenols is 2. The highest BCUT2D eigenvalue weighted by Gasteiger charge is 2.22. The Balaban J connectivity index is 2.32. The van der Waals surface area contributed by atoms with Crippen molar-refractivity contribution in [3.8, 4) is 11.5 Å². The van der Waals surface area contributed by atoms with Crippen LogP contribution in [0.2, 0.25) is 0 Å². The van der Waals surface area contributed by atoms with Crippen LogP contribution >= 0.6 is 0 Å². The van der Waals surface area contributed by atoms with Crippen LogP contribution in [-0.2, 0) is 0 Å². The van der Waals surface area contributed by atoms with Crippen LogP contribution in [0.25, 0.3) is 0 Å². The minimum absolute atomic E-state index is 0.0492. The molecule has 0 spiro atoms. The zero-order chi connectivity index (χ0) is 17.0. The molecule has 0 saturated heterocycles. The van der Waals surface area contributed by atoms with E-state index in [1.165, 1.54) is 6.07 Å². The molecule has 2 aromatic carbocycles. The lowest BCUT2D eigenvalue weighted by molar-refractivity contribution is 0.171. The van der Waals surface area contributed by atoms with Crippen LogP contribution in [0.1, 0.15) is 44.2 Å². The van der Waals surface area contributed by atoms with E-state index in [0.717, 1.165) is 24.1 Å². The Morgan fingerprint density at radius 2 is 1.65 bits per heavy atom. The Morgan fingerprint density at radius 1 is 1.00 bits per heavy atom. The predicted molar refractivity (Wildman–Crippen MR) is 95.1 cm³/mol. The van der Waals surface area contributed by atoms with E-state index in [0.29, 0.717) is 0 Å². The van der Waals surface area contributed by atoms with Crippen LogP contribution in [0.4, 0.5) is 0 Å². The maximum absolute atomic E-state index is 10.3. The van der Waals surface area contributed by atoms with E-state index in [1.807, 2.05) is 18.2 Å². The molecule has 0 aliphatic carbocycles. The van der Waals surface area contributed by atoms with Crippen molar-refractivity contribution in [3.63, 3.8) is 0 Å². The lowest BCUT2D eigenvalue weighted by Crippen LogP contribution is -2.39. The molecule has 0 aliphatic rings. The van der Waals surface area contributed by atoms with E-state index in [2.05, 4.69) is 44.9 Å². The second-order valence-electron chi connectivity index (χ2n) is 7.09. The van der Waals surface area contributed by atoms with Gasteiger partial charge in [-0.25, -0.2) is 0 Å². The molecule has 124 valence electrons. The molecule has 0 saturated carbocycles. The van der Waals surface area contributed by atoms with Gasteiger partial charge in [-0.15, -0.1) is 0 Å². The SMILES string of the molecule is CN(CCC(c1ccccc1)c1cc(O)ccc1O)C(C)(C)C. The first kappa shape index (κ1) is 17.4. The molecule has 0 fully saturated rings. The van der Waals surface area contributed by atoms with Gasteiger partial charge in [-0.3, -0.25) is 0 Å². The summed E-state index contributed by atoms with van der Waals surface area (Å²) in [6.07, 6.45) is 0.870. The van der Waals surface area contributed by atoms with E-state index >= 15 is 0 Å². The molecule has 3 heteroatoms. The molecule has 2 N–H and O–H groups in total. The second-order valence-corrected chi connectivity index (χ2v) is 7.09. The summed E-state index contributed by atoms with van der Waals surface area (Å²) in [5, 5.41) is 20.1. The van der Waals surface area contributed by atoms with Crippen LogP contribution in [0.5, 0.6) is 11.5 Å². The first-order valence-corrected chi connectivity index (χ1v) is 8.07. The molecular formula is C20H27NO2. The molecule has 0 amide bonds. The molecule has 0 bridgehead atoms. The van der Waals surface area contributed by atoms with Crippen molar-refractivity contribution in [2.24, 2.45) is 0 Å². The first-order valence-electron chi connectivity index (χ1n) is 8.07. The fraction of sp³-hybridized carbons (Fsp3) is 0.400. The van der Waals surface area contributed by atoms with Crippen molar-refractivity contribution in [3.05, 3.63) is 59.7 Å². The van der Waals surface area contributed by atoms with Gasteiger partial charge in [0.05, 0.1) is 0 Å². The number of hydrogen-bond donors (Lipinski definition) is 2. The normalized spacial score (nSPS) is 13.3. The van der Waals surface area contributed by atoms with Crippen LogP contribution in [0.15, 0.2) is 48.5 Å².